The minimum atomic E-state index is -0.226. The van der Waals surface area contributed by atoms with Gasteiger partial charge in [-0.15, -0.1) is 0 Å². The summed E-state index contributed by atoms with van der Waals surface area (Å²) in [4.78, 5) is 23.6. The van der Waals surface area contributed by atoms with Crippen molar-refractivity contribution in [1.29, 1.82) is 0 Å². The second-order valence-electron chi connectivity index (χ2n) is 5.97. The molecule has 1 aliphatic rings. The predicted molar refractivity (Wildman–Crippen MR) is 85.1 cm³/mol. The zero-order valence-corrected chi connectivity index (χ0v) is 13.4. The van der Waals surface area contributed by atoms with Crippen molar-refractivity contribution < 1.29 is 14.3 Å². The van der Waals surface area contributed by atoms with Gasteiger partial charge >= 0.3 is 5.97 Å². The van der Waals surface area contributed by atoms with Gasteiger partial charge in [0, 0.05) is 12.8 Å². The molecule has 0 bridgehead atoms. The van der Waals surface area contributed by atoms with E-state index in [1.165, 1.54) is 0 Å². The number of ketones is 1. The fraction of sp³-hybridized carbons (Fsp3) is 0.778. The van der Waals surface area contributed by atoms with Crippen LogP contribution in [0.1, 0.15) is 84.0 Å². The molecule has 0 saturated carbocycles. The van der Waals surface area contributed by atoms with Gasteiger partial charge in [0.15, 0.2) is 5.78 Å². The van der Waals surface area contributed by atoms with Crippen LogP contribution in [0, 0.1) is 0 Å². The molecule has 3 heteroatoms. The molecule has 1 aliphatic heterocycles. The Morgan fingerprint density at radius 2 is 1.67 bits per heavy atom. The summed E-state index contributed by atoms with van der Waals surface area (Å²) < 4.78 is 5.51. The van der Waals surface area contributed by atoms with E-state index in [0.29, 0.717) is 12.8 Å². The predicted octanol–water partition coefficient (Wildman–Crippen LogP) is 4.74. The lowest BCUT2D eigenvalue weighted by Gasteiger charge is -2.14. The number of esters is 1. The largest absolute Gasteiger partial charge is 0.458 e. The van der Waals surface area contributed by atoms with Crippen LogP contribution in [0.25, 0.3) is 0 Å². The number of unbranched alkanes of at least 4 members (excludes halogenated alkanes) is 2. The number of hydrogen-bond acceptors (Lipinski definition) is 3. The molecular formula is C18H30O3. The minimum Gasteiger partial charge on any atom is -0.458 e. The third-order valence-corrected chi connectivity index (χ3v) is 3.93. The summed E-state index contributed by atoms with van der Waals surface area (Å²) in [6.45, 7) is 2.15. The highest BCUT2D eigenvalue weighted by Gasteiger charge is 2.12. The first-order valence-corrected chi connectivity index (χ1v) is 8.63. The van der Waals surface area contributed by atoms with E-state index >= 15 is 0 Å². The molecule has 0 saturated heterocycles. The van der Waals surface area contributed by atoms with Gasteiger partial charge in [-0.3, -0.25) is 9.59 Å². The van der Waals surface area contributed by atoms with Crippen LogP contribution in [0.4, 0.5) is 0 Å². The summed E-state index contributed by atoms with van der Waals surface area (Å²) in [6.07, 6.45) is 14.8. The van der Waals surface area contributed by atoms with E-state index in [4.69, 9.17) is 4.74 Å². The molecule has 0 N–H and O–H groups in total. The van der Waals surface area contributed by atoms with E-state index in [9.17, 15) is 9.59 Å². The van der Waals surface area contributed by atoms with Crippen LogP contribution in [0.5, 0.6) is 0 Å². The van der Waals surface area contributed by atoms with Gasteiger partial charge in [-0.2, -0.15) is 0 Å². The molecule has 0 unspecified atom stereocenters. The topological polar surface area (TPSA) is 43.4 Å². The van der Waals surface area contributed by atoms with Gasteiger partial charge in [-0.25, -0.2) is 0 Å². The van der Waals surface area contributed by atoms with Gasteiger partial charge in [-0.05, 0) is 37.8 Å². The molecule has 0 aromatic heterocycles. The third kappa shape index (κ3) is 9.43. The molecule has 0 spiro atoms. The normalized spacial score (nSPS) is 24.1. The van der Waals surface area contributed by atoms with E-state index in [-0.39, 0.29) is 17.9 Å². The van der Waals surface area contributed by atoms with E-state index in [1.54, 1.807) is 12.2 Å². The fourth-order valence-electron chi connectivity index (χ4n) is 2.59. The molecule has 0 aromatic rings. The van der Waals surface area contributed by atoms with Crippen molar-refractivity contribution in [1.82, 2.24) is 0 Å². The van der Waals surface area contributed by atoms with Crippen molar-refractivity contribution in [2.24, 2.45) is 0 Å². The maximum absolute atomic E-state index is 11.8. The Bertz CT molecular complexity index is 333. The molecule has 1 atom stereocenters. The van der Waals surface area contributed by atoms with Crippen LogP contribution in [0.2, 0.25) is 0 Å². The Morgan fingerprint density at radius 3 is 2.38 bits per heavy atom. The molecule has 0 radical (unpaired) electrons. The lowest BCUT2D eigenvalue weighted by atomic mass is 10.0. The lowest BCUT2D eigenvalue weighted by Crippen LogP contribution is -2.16. The summed E-state index contributed by atoms with van der Waals surface area (Å²) in [5.41, 5.74) is 0. The van der Waals surface area contributed by atoms with E-state index in [0.717, 1.165) is 64.2 Å². The van der Waals surface area contributed by atoms with Crippen LogP contribution in [-0.4, -0.2) is 17.9 Å². The Kier molecular flexibility index (Phi) is 9.84. The van der Waals surface area contributed by atoms with Gasteiger partial charge < -0.3 is 4.74 Å². The highest BCUT2D eigenvalue weighted by atomic mass is 16.5. The monoisotopic (exact) mass is 294 g/mol. The van der Waals surface area contributed by atoms with Crippen molar-refractivity contribution >= 4 is 11.8 Å². The first kappa shape index (κ1) is 17.9. The van der Waals surface area contributed by atoms with Crippen LogP contribution < -0.4 is 0 Å². The number of carbonyl (C=O) groups excluding carboxylic acids is 2. The zero-order chi connectivity index (χ0) is 15.3. The Hall–Kier alpha value is -1.12. The Labute approximate surface area is 129 Å². The SMILES string of the molecule is CCCCC[C@@H]1/C=C/C(=O)CCCCCCCCC(=O)O1. The standard InChI is InChI=1S/C18H30O3/c1-2-3-8-12-17-15-14-16(19)11-9-6-4-5-7-10-13-18(20)21-17/h14-15,17H,2-13H2,1H3/b15-14+/t17-/m1/s1. The first-order valence-electron chi connectivity index (χ1n) is 8.63. The summed E-state index contributed by atoms with van der Waals surface area (Å²) in [7, 11) is 0. The number of rotatable bonds is 4. The van der Waals surface area contributed by atoms with Crippen LogP contribution in [0.15, 0.2) is 12.2 Å². The first-order chi connectivity index (χ1) is 10.2. The van der Waals surface area contributed by atoms with Crippen molar-refractivity contribution in [3.63, 3.8) is 0 Å². The third-order valence-electron chi connectivity index (χ3n) is 3.93. The summed E-state index contributed by atoms with van der Waals surface area (Å²) in [6, 6.07) is 0. The van der Waals surface area contributed by atoms with Gasteiger partial charge in [0.1, 0.15) is 6.10 Å². The van der Waals surface area contributed by atoms with Gasteiger partial charge in [0.25, 0.3) is 0 Å². The van der Waals surface area contributed by atoms with Crippen LogP contribution >= 0.6 is 0 Å². The molecule has 120 valence electrons. The van der Waals surface area contributed by atoms with E-state index in [2.05, 4.69) is 6.92 Å². The number of cyclic esters (lactones) is 1. The average molecular weight is 294 g/mol. The molecule has 0 fully saturated rings. The maximum atomic E-state index is 11.8. The Balaban J connectivity index is 2.55. The molecular weight excluding hydrogens is 264 g/mol. The van der Waals surface area contributed by atoms with Gasteiger partial charge in [0.2, 0.25) is 0 Å². The van der Waals surface area contributed by atoms with Crippen LogP contribution in [-0.2, 0) is 14.3 Å². The second kappa shape index (κ2) is 11.5. The quantitative estimate of drug-likeness (QED) is 0.555. The fourth-order valence-corrected chi connectivity index (χ4v) is 2.59. The second-order valence-corrected chi connectivity index (χ2v) is 5.97. The molecule has 0 aliphatic carbocycles. The van der Waals surface area contributed by atoms with Gasteiger partial charge in [0.05, 0.1) is 0 Å². The number of hydrogen-bond donors (Lipinski definition) is 0. The highest BCUT2D eigenvalue weighted by Crippen LogP contribution is 2.14. The molecule has 21 heavy (non-hydrogen) atoms. The number of allylic oxidation sites excluding steroid dienone is 1. The highest BCUT2D eigenvalue weighted by molar-refractivity contribution is 5.89. The molecule has 1 heterocycles. The molecule has 0 aromatic carbocycles. The van der Waals surface area contributed by atoms with Gasteiger partial charge in [-0.1, -0.05) is 45.4 Å². The molecule has 3 nitrogen and oxygen atoms in total. The number of ether oxygens (including phenoxy) is 1. The molecule has 0 amide bonds. The van der Waals surface area contributed by atoms with E-state index < -0.39 is 0 Å². The summed E-state index contributed by atoms with van der Waals surface area (Å²) >= 11 is 0. The van der Waals surface area contributed by atoms with Crippen LogP contribution in [0.3, 0.4) is 0 Å². The summed E-state index contributed by atoms with van der Waals surface area (Å²) in [5, 5.41) is 0. The lowest BCUT2D eigenvalue weighted by molar-refractivity contribution is -0.147. The smallest absolute Gasteiger partial charge is 0.306 e. The number of carbonyl (C=O) groups is 2. The average Bonchev–Trinajstić information content (AvgIpc) is 2.46. The van der Waals surface area contributed by atoms with E-state index in [1.807, 2.05) is 0 Å². The summed E-state index contributed by atoms with van der Waals surface area (Å²) in [5.74, 6) is 0.0363. The zero-order valence-electron chi connectivity index (χ0n) is 13.4. The van der Waals surface area contributed by atoms with Crippen molar-refractivity contribution in [3.05, 3.63) is 12.2 Å². The Morgan fingerprint density at radius 1 is 1.00 bits per heavy atom. The van der Waals surface area contributed by atoms with Crippen molar-refractivity contribution in [3.8, 4) is 0 Å². The van der Waals surface area contributed by atoms with Crippen molar-refractivity contribution in [2.75, 3.05) is 0 Å². The minimum absolute atomic E-state index is 0.120. The maximum Gasteiger partial charge on any atom is 0.306 e. The van der Waals surface area contributed by atoms with Crippen molar-refractivity contribution in [2.45, 2.75) is 90.1 Å². The molecule has 1 rings (SSSR count).